The Bertz CT molecular complexity index is 1190. The highest BCUT2D eigenvalue weighted by molar-refractivity contribution is 7.86. The fourth-order valence-electron chi connectivity index (χ4n) is 3.44. The van der Waals surface area contributed by atoms with Crippen LogP contribution in [0.4, 0.5) is 29.1 Å². The van der Waals surface area contributed by atoms with Crippen LogP contribution in [0.25, 0.3) is 10.4 Å². The Balaban J connectivity index is 1.57. The Morgan fingerprint density at radius 1 is 1.26 bits per heavy atom. The first-order valence-electron chi connectivity index (χ1n) is 10.3. The number of piperidine rings is 1. The van der Waals surface area contributed by atoms with Crippen molar-refractivity contribution in [2.24, 2.45) is 0 Å². The van der Waals surface area contributed by atoms with Gasteiger partial charge in [-0.3, -0.25) is 4.72 Å². The van der Waals surface area contributed by atoms with E-state index in [4.69, 9.17) is 4.74 Å². The third-order valence-corrected chi connectivity index (χ3v) is 6.75. The molecule has 7 nitrogen and oxygen atoms in total. The van der Waals surface area contributed by atoms with E-state index in [1.54, 1.807) is 23.9 Å². The number of nitrogens with zero attached hydrogens (tertiary/aromatic N) is 2. The second-order valence-corrected chi connectivity index (χ2v) is 9.84. The van der Waals surface area contributed by atoms with Gasteiger partial charge < -0.3 is 15.4 Å². The minimum Gasteiger partial charge on any atom is -0.434 e. The number of anilines is 2. The van der Waals surface area contributed by atoms with Crippen LogP contribution in [-0.2, 0) is 11.0 Å². The third-order valence-electron chi connectivity index (χ3n) is 5.00. The molecule has 3 N–H and O–H groups in total. The zero-order valence-electron chi connectivity index (χ0n) is 17.9. The van der Waals surface area contributed by atoms with E-state index in [2.05, 4.69) is 20.6 Å². The van der Waals surface area contributed by atoms with Gasteiger partial charge in [0.1, 0.15) is 5.82 Å². The molecule has 0 amide bonds. The largest absolute Gasteiger partial charge is 0.434 e. The predicted molar refractivity (Wildman–Crippen MR) is 124 cm³/mol. The van der Waals surface area contributed by atoms with Crippen molar-refractivity contribution in [3.63, 3.8) is 0 Å². The maximum atomic E-state index is 14.6. The summed E-state index contributed by atoms with van der Waals surface area (Å²) < 4.78 is 72.4. The predicted octanol–water partition coefficient (Wildman–Crippen LogP) is 5.05. The van der Waals surface area contributed by atoms with Gasteiger partial charge in [-0.2, -0.15) is 13.2 Å². The molecule has 4 rings (SSSR count). The SMILES string of the molecule is Cc1nc(Oc2ccc(NS(=O)C(F)F)c(F)c2F)c(-c2ccnc(NC3CCCNC3)c2)s1. The standard InChI is InChI=1S/C21H21F4N5O2S2/c1-11-28-20(32-15-5-4-14(17(22)18(15)23)30-34(31)21(24)25)19(33-11)12-6-8-27-16(9-12)29-13-3-2-7-26-10-13/h4-6,8-9,13,21,26,30H,2-3,7,10H2,1H3,(H,27,29). The van der Waals surface area contributed by atoms with Gasteiger partial charge in [0.15, 0.2) is 22.6 Å². The van der Waals surface area contributed by atoms with Gasteiger partial charge in [0.2, 0.25) is 11.7 Å². The molecule has 1 aliphatic rings. The van der Waals surface area contributed by atoms with Gasteiger partial charge >= 0.3 is 5.76 Å². The molecule has 3 aromatic rings. The number of alkyl halides is 2. The summed E-state index contributed by atoms with van der Waals surface area (Å²) in [4.78, 5) is 9.23. The average molecular weight is 516 g/mol. The third kappa shape index (κ3) is 5.65. The van der Waals surface area contributed by atoms with Gasteiger partial charge in [-0.25, -0.2) is 18.6 Å². The number of pyridine rings is 1. The Morgan fingerprint density at radius 2 is 2.09 bits per heavy atom. The zero-order chi connectivity index (χ0) is 24.2. The van der Waals surface area contributed by atoms with Crippen molar-refractivity contribution in [3.8, 4) is 22.1 Å². The van der Waals surface area contributed by atoms with Crippen molar-refractivity contribution < 1.29 is 26.5 Å². The summed E-state index contributed by atoms with van der Waals surface area (Å²) in [5.41, 5.74) is 0.0635. The minimum absolute atomic E-state index is 0.0640. The fourth-order valence-corrected chi connectivity index (χ4v) is 4.75. The van der Waals surface area contributed by atoms with Crippen LogP contribution in [0.2, 0.25) is 0 Å². The first kappa shape index (κ1) is 24.4. The van der Waals surface area contributed by atoms with E-state index in [1.807, 2.05) is 6.07 Å². The molecule has 0 saturated carbocycles. The van der Waals surface area contributed by atoms with E-state index >= 15 is 0 Å². The maximum Gasteiger partial charge on any atom is 0.330 e. The number of halogens is 4. The highest BCUT2D eigenvalue weighted by atomic mass is 32.2. The van der Waals surface area contributed by atoms with Crippen molar-refractivity contribution in [1.29, 1.82) is 0 Å². The van der Waals surface area contributed by atoms with E-state index in [9.17, 15) is 21.8 Å². The monoisotopic (exact) mass is 515 g/mol. The Hall–Kier alpha value is -2.77. The lowest BCUT2D eigenvalue weighted by atomic mass is 10.1. The molecule has 1 aromatic carbocycles. The number of benzene rings is 1. The number of nitrogens with one attached hydrogen (secondary N) is 3. The van der Waals surface area contributed by atoms with Crippen LogP contribution in [0, 0.1) is 18.6 Å². The molecular weight excluding hydrogens is 494 g/mol. The normalized spacial score (nSPS) is 16.9. The van der Waals surface area contributed by atoms with Crippen molar-refractivity contribution in [1.82, 2.24) is 15.3 Å². The number of rotatable bonds is 8. The van der Waals surface area contributed by atoms with Crippen LogP contribution < -0.4 is 20.1 Å². The van der Waals surface area contributed by atoms with Gasteiger partial charge in [-0.15, -0.1) is 11.3 Å². The number of thiazole rings is 1. The van der Waals surface area contributed by atoms with Crippen molar-refractivity contribution >= 4 is 33.8 Å². The van der Waals surface area contributed by atoms with Crippen LogP contribution in [0.1, 0.15) is 17.8 Å². The lowest BCUT2D eigenvalue weighted by Crippen LogP contribution is -2.38. The Kier molecular flexibility index (Phi) is 7.63. The van der Waals surface area contributed by atoms with E-state index < -0.39 is 39.8 Å². The molecule has 0 aliphatic carbocycles. The molecule has 1 fully saturated rings. The first-order chi connectivity index (χ1) is 16.3. The molecule has 2 atom stereocenters. The first-order valence-corrected chi connectivity index (χ1v) is 12.4. The van der Waals surface area contributed by atoms with Crippen LogP contribution in [0.5, 0.6) is 11.6 Å². The van der Waals surface area contributed by atoms with Crippen LogP contribution >= 0.6 is 11.3 Å². The summed E-state index contributed by atoms with van der Waals surface area (Å²) in [6.07, 6.45) is 3.72. The molecule has 13 heteroatoms. The van der Waals surface area contributed by atoms with Crippen LogP contribution in [0.15, 0.2) is 30.5 Å². The van der Waals surface area contributed by atoms with Gasteiger partial charge in [0, 0.05) is 24.3 Å². The molecular formula is C21H21F4N5O2S2. The van der Waals surface area contributed by atoms with Crippen molar-refractivity contribution in [3.05, 3.63) is 47.1 Å². The number of aromatic nitrogens is 2. The van der Waals surface area contributed by atoms with Crippen LogP contribution in [-0.4, -0.2) is 39.1 Å². The second-order valence-electron chi connectivity index (χ2n) is 7.49. The van der Waals surface area contributed by atoms with Gasteiger partial charge in [0.25, 0.3) is 0 Å². The van der Waals surface area contributed by atoms with Gasteiger partial charge in [-0.05, 0) is 50.6 Å². The highest BCUT2D eigenvalue weighted by Gasteiger charge is 2.22. The van der Waals surface area contributed by atoms with Crippen LogP contribution in [0.3, 0.4) is 0 Å². The molecule has 0 bridgehead atoms. The summed E-state index contributed by atoms with van der Waals surface area (Å²) in [5.74, 6) is -5.92. The molecule has 1 saturated heterocycles. The summed E-state index contributed by atoms with van der Waals surface area (Å²) in [5, 5.41) is 7.35. The molecule has 1 aliphatic heterocycles. The van der Waals surface area contributed by atoms with Gasteiger partial charge in [0.05, 0.1) is 15.6 Å². The Labute approximate surface area is 199 Å². The fraction of sp³-hybridized carbons (Fsp3) is 0.333. The highest BCUT2D eigenvalue weighted by Crippen LogP contribution is 2.40. The zero-order valence-corrected chi connectivity index (χ0v) is 19.5. The smallest absolute Gasteiger partial charge is 0.330 e. The van der Waals surface area contributed by atoms with E-state index in [1.165, 1.54) is 11.3 Å². The maximum absolute atomic E-state index is 14.6. The summed E-state index contributed by atoms with van der Waals surface area (Å²) in [6, 6.07) is 5.86. The summed E-state index contributed by atoms with van der Waals surface area (Å²) >= 11 is 1.31. The Morgan fingerprint density at radius 3 is 2.82 bits per heavy atom. The second kappa shape index (κ2) is 10.7. The summed E-state index contributed by atoms with van der Waals surface area (Å²) in [6.45, 7) is 3.57. The molecule has 0 spiro atoms. The average Bonchev–Trinajstić information content (AvgIpc) is 3.19. The molecule has 0 radical (unpaired) electrons. The van der Waals surface area contributed by atoms with Gasteiger partial charge in [-0.1, -0.05) is 0 Å². The lowest BCUT2D eigenvalue weighted by molar-refractivity contribution is 0.244. The van der Waals surface area contributed by atoms with E-state index in [0.29, 0.717) is 15.7 Å². The lowest BCUT2D eigenvalue weighted by Gasteiger charge is -2.24. The minimum atomic E-state index is -3.26. The van der Waals surface area contributed by atoms with Crippen molar-refractivity contribution in [2.75, 3.05) is 23.1 Å². The molecule has 3 heterocycles. The summed E-state index contributed by atoms with van der Waals surface area (Å²) in [7, 11) is -2.87. The number of hydrogen-bond donors (Lipinski definition) is 3. The topological polar surface area (TPSA) is 88.2 Å². The molecule has 2 aromatic heterocycles. The molecule has 34 heavy (non-hydrogen) atoms. The number of ether oxygens (including phenoxy) is 1. The number of hydrogen-bond acceptors (Lipinski definition) is 7. The molecule has 182 valence electrons. The quantitative estimate of drug-likeness (QED) is 0.364. The van der Waals surface area contributed by atoms with Crippen molar-refractivity contribution in [2.45, 2.75) is 31.6 Å². The number of aryl methyl sites for hydroxylation is 1. The molecule has 2 unspecified atom stereocenters. The van der Waals surface area contributed by atoms with E-state index in [0.717, 1.165) is 43.6 Å². The van der Waals surface area contributed by atoms with E-state index in [-0.39, 0.29) is 11.9 Å².